The van der Waals surface area contributed by atoms with Gasteiger partial charge in [-0.25, -0.2) is 9.78 Å². The molecule has 0 bridgehead atoms. The number of amides is 2. The second-order valence-corrected chi connectivity index (χ2v) is 7.95. The second kappa shape index (κ2) is 9.20. The van der Waals surface area contributed by atoms with Crippen molar-refractivity contribution < 1.29 is 14.3 Å². The molecule has 2 aromatic rings. The van der Waals surface area contributed by atoms with E-state index in [4.69, 9.17) is 10.5 Å². The first-order valence-electron chi connectivity index (χ1n) is 10.8. The van der Waals surface area contributed by atoms with Crippen molar-refractivity contribution in [1.29, 1.82) is 0 Å². The third-order valence-corrected chi connectivity index (χ3v) is 5.63. The van der Waals surface area contributed by atoms with E-state index in [1.165, 1.54) is 11.8 Å². The van der Waals surface area contributed by atoms with E-state index in [2.05, 4.69) is 32.7 Å². The van der Waals surface area contributed by atoms with Crippen LogP contribution in [0.15, 0.2) is 30.5 Å². The molecule has 2 amide bonds. The van der Waals surface area contributed by atoms with Crippen molar-refractivity contribution in [2.45, 2.75) is 44.6 Å². The molecule has 9 nitrogen and oxygen atoms in total. The lowest BCUT2D eigenvalue weighted by molar-refractivity contribution is 0.0968. The van der Waals surface area contributed by atoms with Crippen LogP contribution in [0, 0.1) is 0 Å². The third-order valence-electron chi connectivity index (χ3n) is 5.63. The average Bonchev–Trinajstić information content (AvgIpc) is 3.59. The molecule has 0 unspecified atom stereocenters. The van der Waals surface area contributed by atoms with Gasteiger partial charge >= 0.3 is 6.09 Å². The van der Waals surface area contributed by atoms with Crippen LogP contribution in [0.2, 0.25) is 0 Å². The number of hydrogen-bond acceptors (Lipinski definition) is 7. The minimum absolute atomic E-state index is 0.224. The fourth-order valence-corrected chi connectivity index (χ4v) is 3.73. The molecule has 2 aliphatic rings. The van der Waals surface area contributed by atoms with Gasteiger partial charge in [-0.1, -0.05) is 12.1 Å². The quantitative estimate of drug-likeness (QED) is 0.623. The molecule has 1 saturated heterocycles. The number of rotatable bonds is 7. The van der Waals surface area contributed by atoms with Gasteiger partial charge in [0.25, 0.3) is 5.91 Å². The van der Waals surface area contributed by atoms with Gasteiger partial charge in [-0.3, -0.25) is 4.79 Å². The number of nitrogens with one attached hydrogen (secondary N) is 2. The number of nitrogens with two attached hydrogens (primary N) is 1. The molecule has 1 aliphatic carbocycles. The number of aromatic nitrogens is 2. The van der Waals surface area contributed by atoms with E-state index in [0.29, 0.717) is 49.0 Å². The first-order chi connectivity index (χ1) is 15.0. The summed E-state index contributed by atoms with van der Waals surface area (Å²) in [5.41, 5.74) is 7.83. The molecule has 4 N–H and O–H groups in total. The number of piperidine rings is 1. The van der Waals surface area contributed by atoms with Crippen LogP contribution in [0.1, 0.15) is 54.4 Å². The lowest BCUT2D eigenvalue weighted by Crippen LogP contribution is -2.38. The maximum atomic E-state index is 11.9. The molecule has 31 heavy (non-hydrogen) atoms. The summed E-state index contributed by atoms with van der Waals surface area (Å²) in [6.45, 7) is 3.64. The van der Waals surface area contributed by atoms with Gasteiger partial charge in [-0.05, 0) is 56.2 Å². The summed E-state index contributed by atoms with van der Waals surface area (Å²) in [6, 6.07) is 8.51. The van der Waals surface area contributed by atoms with Crippen molar-refractivity contribution >= 4 is 29.5 Å². The Morgan fingerprint density at radius 1 is 1.16 bits per heavy atom. The number of likely N-dealkylation sites (tertiary alicyclic amines) is 1. The Kier molecular flexibility index (Phi) is 6.20. The first kappa shape index (κ1) is 20.9. The number of anilines is 3. The molecule has 4 rings (SSSR count). The highest BCUT2D eigenvalue weighted by molar-refractivity contribution is 5.97. The van der Waals surface area contributed by atoms with Crippen LogP contribution in [0.5, 0.6) is 0 Å². The Morgan fingerprint density at radius 2 is 1.87 bits per heavy atom. The van der Waals surface area contributed by atoms with Gasteiger partial charge in [0, 0.05) is 31.0 Å². The minimum Gasteiger partial charge on any atom is -0.450 e. The van der Waals surface area contributed by atoms with Crippen LogP contribution >= 0.6 is 0 Å². The number of carbonyl (C=O) groups is 2. The molecule has 2 fully saturated rings. The smallest absolute Gasteiger partial charge is 0.409 e. The molecule has 2 heterocycles. The Bertz CT molecular complexity index is 937. The summed E-state index contributed by atoms with van der Waals surface area (Å²) in [5.74, 6) is 0.745. The van der Waals surface area contributed by atoms with E-state index in [-0.39, 0.29) is 6.09 Å². The molecule has 1 aromatic heterocycles. The van der Waals surface area contributed by atoms with Gasteiger partial charge in [-0.15, -0.1) is 0 Å². The number of benzene rings is 1. The SMILES string of the molecule is CCOC(=O)N1CCC(c2ccc(Nc3ncc(C(N)=O)c(NC4CC4)n3)cc2)CC1. The van der Waals surface area contributed by atoms with E-state index < -0.39 is 5.91 Å². The standard InChI is InChI=1S/C22H28N6O3/c1-2-31-22(30)28-11-9-15(10-12-28)14-3-5-17(6-4-14)26-21-24-13-18(19(23)29)20(27-21)25-16-7-8-16/h3-6,13,15-16H,2,7-12H2,1H3,(H2,23,29)(H2,24,25,26,27). The Labute approximate surface area is 181 Å². The Balaban J connectivity index is 1.38. The molecule has 0 radical (unpaired) electrons. The van der Waals surface area contributed by atoms with Crippen LogP contribution in [0.3, 0.4) is 0 Å². The normalized spacial score (nSPS) is 16.6. The molecule has 1 saturated carbocycles. The van der Waals surface area contributed by atoms with E-state index in [1.54, 1.807) is 4.90 Å². The van der Waals surface area contributed by atoms with Gasteiger partial charge < -0.3 is 26.0 Å². The molecule has 1 aromatic carbocycles. The van der Waals surface area contributed by atoms with Gasteiger partial charge in [0.05, 0.1) is 12.2 Å². The van der Waals surface area contributed by atoms with Crippen LogP contribution < -0.4 is 16.4 Å². The summed E-state index contributed by atoms with van der Waals surface area (Å²) < 4.78 is 5.08. The largest absolute Gasteiger partial charge is 0.450 e. The highest BCUT2D eigenvalue weighted by Gasteiger charge is 2.25. The predicted octanol–water partition coefficient (Wildman–Crippen LogP) is 3.23. The van der Waals surface area contributed by atoms with Crippen LogP contribution in [0.25, 0.3) is 0 Å². The predicted molar refractivity (Wildman–Crippen MR) is 117 cm³/mol. The molecule has 0 spiro atoms. The van der Waals surface area contributed by atoms with Crippen LogP contribution in [-0.2, 0) is 4.74 Å². The summed E-state index contributed by atoms with van der Waals surface area (Å²) >= 11 is 0. The van der Waals surface area contributed by atoms with Crippen molar-refractivity contribution in [2.75, 3.05) is 30.3 Å². The zero-order valence-electron chi connectivity index (χ0n) is 17.6. The summed E-state index contributed by atoms with van der Waals surface area (Å²) in [4.78, 5) is 33.9. The van der Waals surface area contributed by atoms with Gasteiger partial charge in [0.2, 0.25) is 5.95 Å². The van der Waals surface area contributed by atoms with E-state index in [0.717, 1.165) is 31.4 Å². The number of hydrogen-bond donors (Lipinski definition) is 3. The van der Waals surface area contributed by atoms with Crippen molar-refractivity contribution in [2.24, 2.45) is 5.73 Å². The van der Waals surface area contributed by atoms with Gasteiger partial charge in [0.15, 0.2) is 0 Å². The van der Waals surface area contributed by atoms with Crippen LogP contribution in [-0.4, -0.2) is 52.6 Å². The first-order valence-corrected chi connectivity index (χ1v) is 10.8. The van der Waals surface area contributed by atoms with Crippen molar-refractivity contribution in [3.63, 3.8) is 0 Å². The summed E-state index contributed by atoms with van der Waals surface area (Å²) in [5, 5.41) is 6.42. The Morgan fingerprint density at radius 3 is 2.48 bits per heavy atom. The molecule has 9 heteroatoms. The lowest BCUT2D eigenvalue weighted by Gasteiger charge is -2.31. The highest BCUT2D eigenvalue weighted by Crippen LogP contribution is 2.30. The zero-order chi connectivity index (χ0) is 21.8. The zero-order valence-corrected chi connectivity index (χ0v) is 17.6. The number of nitrogens with zero attached hydrogens (tertiary/aromatic N) is 3. The topological polar surface area (TPSA) is 122 Å². The Hall–Kier alpha value is -3.36. The van der Waals surface area contributed by atoms with Gasteiger partial charge in [-0.2, -0.15) is 4.98 Å². The van der Waals surface area contributed by atoms with Gasteiger partial charge in [0.1, 0.15) is 5.82 Å². The fourth-order valence-electron chi connectivity index (χ4n) is 3.73. The summed E-state index contributed by atoms with van der Waals surface area (Å²) in [6.07, 6.45) is 5.18. The van der Waals surface area contributed by atoms with E-state index in [1.807, 2.05) is 19.1 Å². The molecular formula is C22H28N6O3. The minimum atomic E-state index is -0.548. The second-order valence-electron chi connectivity index (χ2n) is 7.95. The van der Waals surface area contributed by atoms with Crippen molar-refractivity contribution in [3.8, 4) is 0 Å². The number of carbonyl (C=O) groups excluding carboxylic acids is 2. The number of primary amides is 1. The monoisotopic (exact) mass is 424 g/mol. The molecule has 164 valence electrons. The molecule has 1 aliphatic heterocycles. The maximum absolute atomic E-state index is 11.9. The molecular weight excluding hydrogens is 396 g/mol. The third kappa shape index (κ3) is 5.22. The molecule has 0 atom stereocenters. The summed E-state index contributed by atoms with van der Waals surface area (Å²) in [7, 11) is 0. The average molecular weight is 425 g/mol. The number of ether oxygens (including phenoxy) is 1. The fraction of sp³-hybridized carbons (Fsp3) is 0.455. The van der Waals surface area contributed by atoms with Crippen molar-refractivity contribution in [3.05, 3.63) is 41.6 Å². The van der Waals surface area contributed by atoms with Crippen molar-refractivity contribution in [1.82, 2.24) is 14.9 Å². The van der Waals surface area contributed by atoms with Crippen LogP contribution in [0.4, 0.5) is 22.2 Å². The highest BCUT2D eigenvalue weighted by atomic mass is 16.6. The lowest BCUT2D eigenvalue weighted by atomic mass is 9.89. The van der Waals surface area contributed by atoms with E-state index in [9.17, 15) is 9.59 Å². The maximum Gasteiger partial charge on any atom is 0.409 e. The van der Waals surface area contributed by atoms with E-state index >= 15 is 0 Å².